The van der Waals surface area contributed by atoms with Crippen molar-refractivity contribution >= 4 is 17.5 Å². The second-order valence-electron chi connectivity index (χ2n) is 7.60. The van der Waals surface area contributed by atoms with Crippen LogP contribution in [0.15, 0.2) is 36.5 Å². The highest BCUT2D eigenvalue weighted by Gasteiger charge is 2.27. The zero-order chi connectivity index (χ0) is 19.3. The fraction of sp³-hybridized carbons (Fsp3) is 0.500. The van der Waals surface area contributed by atoms with Gasteiger partial charge in [0.05, 0.1) is 11.0 Å². The van der Waals surface area contributed by atoms with Crippen molar-refractivity contribution in [1.29, 1.82) is 0 Å². The van der Waals surface area contributed by atoms with Gasteiger partial charge in [-0.25, -0.2) is 4.98 Å². The molecule has 0 radical (unpaired) electrons. The standard InChI is InChI=1S/C20H26N6O2/c27-26(28)18-7-5-6-16(12-18)13-24-14-17(15-24)22-20-21-9-8-19(23-20)25-10-3-1-2-4-11-25/h5-9,12,17H,1-4,10-11,13-15H2,(H,21,22,23). The number of rotatable bonds is 6. The van der Waals surface area contributed by atoms with Gasteiger partial charge in [-0.2, -0.15) is 4.98 Å². The number of hydrogen-bond acceptors (Lipinski definition) is 7. The molecule has 2 aliphatic heterocycles. The maximum atomic E-state index is 10.9. The predicted octanol–water partition coefficient (Wildman–Crippen LogP) is 3.06. The fourth-order valence-corrected chi connectivity index (χ4v) is 3.89. The third kappa shape index (κ3) is 4.56. The number of nitrogens with zero attached hydrogens (tertiary/aromatic N) is 5. The van der Waals surface area contributed by atoms with Gasteiger partial charge >= 0.3 is 0 Å². The van der Waals surface area contributed by atoms with Crippen molar-refractivity contribution in [3.63, 3.8) is 0 Å². The van der Waals surface area contributed by atoms with Crippen LogP contribution in [0.3, 0.4) is 0 Å². The molecule has 0 saturated carbocycles. The molecule has 3 heterocycles. The SMILES string of the molecule is O=[N+]([O-])c1cccc(CN2CC(Nc3nccc(N4CCCCCC4)n3)C2)c1. The first kappa shape index (κ1) is 18.6. The molecule has 8 heteroatoms. The minimum Gasteiger partial charge on any atom is -0.356 e. The summed E-state index contributed by atoms with van der Waals surface area (Å²) in [7, 11) is 0. The molecule has 0 aliphatic carbocycles. The predicted molar refractivity (Wildman–Crippen MR) is 108 cm³/mol. The summed E-state index contributed by atoms with van der Waals surface area (Å²) in [4.78, 5) is 24.3. The number of nitrogens with one attached hydrogen (secondary N) is 1. The van der Waals surface area contributed by atoms with Crippen molar-refractivity contribution in [3.05, 3.63) is 52.2 Å². The largest absolute Gasteiger partial charge is 0.356 e. The van der Waals surface area contributed by atoms with Crippen LogP contribution in [0.5, 0.6) is 0 Å². The third-order valence-electron chi connectivity index (χ3n) is 5.39. The van der Waals surface area contributed by atoms with Crippen LogP contribution in [0, 0.1) is 10.1 Å². The topological polar surface area (TPSA) is 87.4 Å². The molecule has 2 aromatic rings. The van der Waals surface area contributed by atoms with E-state index in [1.54, 1.807) is 12.1 Å². The van der Waals surface area contributed by atoms with Crippen molar-refractivity contribution in [3.8, 4) is 0 Å². The Balaban J connectivity index is 1.29. The zero-order valence-corrected chi connectivity index (χ0v) is 16.0. The molecule has 28 heavy (non-hydrogen) atoms. The van der Waals surface area contributed by atoms with Gasteiger partial charge in [-0.15, -0.1) is 0 Å². The van der Waals surface area contributed by atoms with Gasteiger partial charge in [0.15, 0.2) is 0 Å². The lowest BCUT2D eigenvalue weighted by atomic mass is 10.1. The number of nitro benzene ring substituents is 1. The number of benzene rings is 1. The number of aromatic nitrogens is 2. The zero-order valence-electron chi connectivity index (χ0n) is 16.0. The summed E-state index contributed by atoms with van der Waals surface area (Å²) < 4.78 is 0. The van der Waals surface area contributed by atoms with Crippen LogP contribution in [0.4, 0.5) is 17.5 Å². The first-order valence-corrected chi connectivity index (χ1v) is 9.97. The van der Waals surface area contributed by atoms with Crippen LogP contribution in [0.2, 0.25) is 0 Å². The van der Waals surface area contributed by atoms with Gasteiger partial charge in [-0.1, -0.05) is 25.0 Å². The Hall–Kier alpha value is -2.74. The van der Waals surface area contributed by atoms with Crippen LogP contribution in [-0.2, 0) is 6.54 Å². The Morgan fingerprint density at radius 2 is 1.93 bits per heavy atom. The van der Waals surface area contributed by atoms with Gasteiger partial charge in [0.25, 0.3) is 5.69 Å². The van der Waals surface area contributed by atoms with Crippen LogP contribution in [-0.4, -0.2) is 52.0 Å². The summed E-state index contributed by atoms with van der Waals surface area (Å²) in [6, 6.07) is 9.14. The molecule has 0 amide bonds. The highest BCUT2D eigenvalue weighted by molar-refractivity contribution is 5.43. The highest BCUT2D eigenvalue weighted by atomic mass is 16.6. The summed E-state index contributed by atoms with van der Waals surface area (Å²) >= 11 is 0. The highest BCUT2D eigenvalue weighted by Crippen LogP contribution is 2.21. The van der Waals surface area contributed by atoms with Crippen molar-refractivity contribution in [2.75, 3.05) is 36.4 Å². The number of nitro groups is 1. The van der Waals surface area contributed by atoms with Gasteiger partial charge in [-0.05, 0) is 24.5 Å². The van der Waals surface area contributed by atoms with Crippen LogP contribution in [0.25, 0.3) is 0 Å². The minimum absolute atomic E-state index is 0.145. The molecule has 148 valence electrons. The van der Waals surface area contributed by atoms with Crippen molar-refractivity contribution in [2.45, 2.75) is 38.3 Å². The maximum Gasteiger partial charge on any atom is 0.269 e. The van der Waals surface area contributed by atoms with Crippen molar-refractivity contribution < 1.29 is 4.92 Å². The van der Waals surface area contributed by atoms with Crippen LogP contribution < -0.4 is 10.2 Å². The Morgan fingerprint density at radius 1 is 1.14 bits per heavy atom. The molecule has 2 fully saturated rings. The fourth-order valence-electron chi connectivity index (χ4n) is 3.89. The van der Waals surface area contributed by atoms with E-state index < -0.39 is 0 Å². The van der Waals surface area contributed by atoms with Gasteiger partial charge < -0.3 is 10.2 Å². The number of likely N-dealkylation sites (tertiary alicyclic amines) is 1. The summed E-state index contributed by atoms with van der Waals surface area (Å²) in [5.74, 6) is 1.69. The monoisotopic (exact) mass is 382 g/mol. The van der Waals surface area contributed by atoms with Crippen LogP contribution in [0.1, 0.15) is 31.2 Å². The second-order valence-corrected chi connectivity index (χ2v) is 7.60. The summed E-state index contributed by atoms with van der Waals surface area (Å²) in [6.07, 6.45) is 6.88. The Kier molecular flexibility index (Phi) is 5.66. The van der Waals surface area contributed by atoms with E-state index in [1.165, 1.54) is 31.7 Å². The average molecular weight is 382 g/mol. The summed E-state index contributed by atoms with van der Waals surface area (Å²) in [5.41, 5.74) is 1.11. The van der Waals surface area contributed by atoms with Gasteiger partial charge in [0.2, 0.25) is 5.95 Å². The molecule has 0 unspecified atom stereocenters. The van der Waals surface area contributed by atoms with E-state index in [1.807, 2.05) is 18.3 Å². The lowest BCUT2D eigenvalue weighted by molar-refractivity contribution is -0.384. The first-order valence-electron chi connectivity index (χ1n) is 9.97. The van der Waals surface area contributed by atoms with Gasteiger partial charge in [0.1, 0.15) is 5.82 Å². The normalized spacial score (nSPS) is 18.4. The van der Waals surface area contributed by atoms with E-state index >= 15 is 0 Å². The smallest absolute Gasteiger partial charge is 0.269 e. The lowest BCUT2D eigenvalue weighted by Gasteiger charge is -2.39. The Labute approximate surface area is 164 Å². The van der Waals surface area contributed by atoms with Gasteiger partial charge in [0, 0.05) is 51.1 Å². The van der Waals surface area contributed by atoms with E-state index in [4.69, 9.17) is 4.98 Å². The second kappa shape index (κ2) is 8.52. The van der Waals surface area contributed by atoms with Crippen molar-refractivity contribution in [2.24, 2.45) is 0 Å². The Morgan fingerprint density at radius 3 is 2.68 bits per heavy atom. The lowest BCUT2D eigenvalue weighted by Crippen LogP contribution is -2.54. The molecule has 0 bridgehead atoms. The molecule has 2 aliphatic rings. The molecule has 2 saturated heterocycles. The number of hydrogen-bond donors (Lipinski definition) is 1. The number of non-ortho nitro benzene ring substituents is 1. The maximum absolute atomic E-state index is 10.9. The van der Waals surface area contributed by atoms with E-state index in [9.17, 15) is 10.1 Å². The minimum atomic E-state index is -0.349. The molecule has 0 atom stereocenters. The first-order chi connectivity index (χ1) is 13.7. The molecular weight excluding hydrogens is 356 g/mol. The van der Waals surface area contributed by atoms with Crippen molar-refractivity contribution in [1.82, 2.24) is 14.9 Å². The molecule has 1 aromatic heterocycles. The third-order valence-corrected chi connectivity index (χ3v) is 5.39. The van der Waals surface area contributed by atoms with E-state index in [2.05, 4.69) is 20.1 Å². The molecule has 4 rings (SSSR count). The molecule has 1 aromatic carbocycles. The van der Waals surface area contributed by atoms with E-state index in [0.29, 0.717) is 18.5 Å². The summed E-state index contributed by atoms with van der Waals surface area (Å²) in [6.45, 7) is 4.60. The van der Waals surface area contributed by atoms with Crippen LogP contribution >= 0.6 is 0 Å². The quantitative estimate of drug-likeness (QED) is 0.607. The molecule has 0 spiro atoms. The Bertz CT molecular complexity index is 816. The molecule has 8 nitrogen and oxygen atoms in total. The summed E-state index contributed by atoms with van der Waals surface area (Å²) in [5, 5.41) is 14.3. The number of anilines is 2. The van der Waals surface area contributed by atoms with Gasteiger partial charge in [-0.3, -0.25) is 15.0 Å². The molecular formula is C20H26N6O2. The molecule has 1 N–H and O–H groups in total. The van der Waals surface area contributed by atoms with E-state index in [0.717, 1.165) is 37.6 Å². The van der Waals surface area contributed by atoms with E-state index in [-0.39, 0.29) is 10.6 Å². The average Bonchev–Trinajstić information content (AvgIpc) is 2.96.